The molecule has 0 rings (SSSR count). The number of hydrogen-bond acceptors (Lipinski definition) is 2. The first-order chi connectivity index (χ1) is 2.81. The molecule has 3 N–H and O–H groups in total. The minimum absolute atomic E-state index is 0.281. The van der Waals surface area contributed by atoms with E-state index in [1.165, 1.54) is 0 Å². The van der Waals surface area contributed by atoms with Crippen LogP contribution < -0.4 is 5.73 Å². The van der Waals surface area contributed by atoms with Gasteiger partial charge in [0.2, 0.25) is 0 Å². The average molecular weight is 106 g/mol. The summed E-state index contributed by atoms with van der Waals surface area (Å²) in [5, 5.41) is 8.44. The standard InChI is InChI=1S/C3H8NOS/c4-1-3(5)2-6/h3,5H,1-2,4H2/t3-/m1/s1. The Balaban J connectivity index is 2.75. The van der Waals surface area contributed by atoms with Crippen molar-refractivity contribution < 1.29 is 5.11 Å². The molecule has 0 aliphatic carbocycles. The summed E-state index contributed by atoms with van der Waals surface area (Å²) < 4.78 is 0. The number of hydrogen-bond donors (Lipinski definition) is 2. The molecule has 3 heteroatoms. The molecule has 0 saturated heterocycles. The molecule has 2 nitrogen and oxygen atoms in total. The van der Waals surface area contributed by atoms with Gasteiger partial charge in [0.1, 0.15) is 0 Å². The number of aliphatic hydroxyl groups excluding tert-OH is 1. The Kier molecular flexibility index (Phi) is 3.62. The molecule has 0 amide bonds. The van der Waals surface area contributed by atoms with E-state index in [1.807, 2.05) is 0 Å². The van der Waals surface area contributed by atoms with E-state index in [0.29, 0.717) is 5.75 Å². The largest absolute Gasteiger partial charge is 0.391 e. The van der Waals surface area contributed by atoms with Gasteiger partial charge < -0.3 is 10.8 Å². The first kappa shape index (κ1) is 6.27. The van der Waals surface area contributed by atoms with E-state index in [2.05, 4.69) is 12.6 Å². The van der Waals surface area contributed by atoms with Gasteiger partial charge in [-0.25, -0.2) is 0 Å². The van der Waals surface area contributed by atoms with Gasteiger partial charge in [-0.1, -0.05) is 12.6 Å². The predicted molar refractivity (Wildman–Crippen MR) is 27.5 cm³/mol. The van der Waals surface area contributed by atoms with Crippen LogP contribution >= 0.6 is 12.6 Å². The van der Waals surface area contributed by atoms with Gasteiger partial charge in [0.05, 0.1) is 6.10 Å². The average Bonchev–Trinajstić information content (AvgIpc) is 1.65. The van der Waals surface area contributed by atoms with Crippen molar-refractivity contribution in [2.75, 3.05) is 12.3 Å². The molecule has 37 valence electrons. The Hall–Kier alpha value is 0.270. The highest BCUT2D eigenvalue weighted by molar-refractivity contribution is 7.80. The summed E-state index contributed by atoms with van der Waals surface area (Å²) in [5.41, 5.74) is 4.97. The third kappa shape index (κ3) is 2.50. The second-order valence-corrected chi connectivity index (χ2v) is 1.39. The normalized spacial score (nSPS) is 14.5. The SMILES string of the molecule is NC[C@@H](O)C[S]. The zero-order valence-corrected chi connectivity index (χ0v) is 4.24. The van der Waals surface area contributed by atoms with Crippen molar-refractivity contribution in [3.8, 4) is 0 Å². The summed E-state index contributed by atoms with van der Waals surface area (Å²) in [4.78, 5) is 0. The van der Waals surface area contributed by atoms with Crippen molar-refractivity contribution in [3.05, 3.63) is 0 Å². The lowest BCUT2D eigenvalue weighted by molar-refractivity contribution is 0.208. The molecule has 0 fully saturated rings. The third-order valence-electron chi connectivity index (χ3n) is 0.464. The van der Waals surface area contributed by atoms with Crippen molar-refractivity contribution >= 4 is 12.6 Å². The molecular formula is C3H8NOS. The van der Waals surface area contributed by atoms with Gasteiger partial charge in [-0.3, -0.25) is 0 Å². The van der Waals surface area contributed by atoms with E-state index in [1.54, 1.807) is 0 Å². The summed E-state index contributed by atoms with van der Waals surface area (Å²) >= 11 is 4.44. The molecule has 0 saturated carbocycles. The Bertz CT molecular complexity index is 30.0. The summed E-state index contributed by atoms with van der Waals surface area (Å²) in [7, 11) is 0. The maximum atomic E-state index is 8.44. The summed E-state index contributed by atoms with van der Waals surface area (Å²) in [6.45, 7) is 0.281. The summed E-state index contributed by atoms with van der Waals surface area (Å²) in [5.74, 6) is 0.344. The third-order valence-corrected chi connectivity index (χ3v) is 0.849. The highest BCUT2D eigenvalue weighted by Gasteiger charge is 1.92. The van der Waals surface area contributed by atoms with Crippen molar-refractivity contribution in [2.45, 2.75) is 6.10 Å². The monoisotopic (exact) mass is 106 g/mol. The molecule has 0 aromatic rings. The van der Waals surface area contributed by atoms with Crippen LogP contribution in [0, 0.1) is 0 Å². The van der Waals surface area contributed by atoms with Gasteiger partial charge in [0, 0.05) is 12.3 Å². The van der Waals surface area contributed by atoms with Crippen molar-refractivity contribution in [1.82, 2.24) is 0 Å². The maximum absolute atomic E-state index is 8.44. The van der Waals surface area contributed by atoms with Crippen LogP contribution in [0.25, 0.3) is 0 Å². The van der Waals surface area contributed by atoms with Gasteiger partial charge in [-0.15, -0.1) is 0 Å². The molecule has 1 radical (unpaired) electrons. The molecule has 0 unspecified atom stereocenters. The molecule has 0 aromatic carbocycles. The quantitative estimate of drug-likeness (QED) is 0.498. The molecule has 1 atom stereocenters. The molecule has 0 bridgehead atoms. The van der Waals surface area contributed by atoms with E-state index < -0.39 is 6.10 Å². The first-order valence-corrected chi connectivity index (χ1v) is 2.35. The second-order valence-electron chi connectivity index (χ2n) is 1.06. The fraction of sp³-hybridized carbons (Fsp3) is 1.00. The highest BCUT2D eigenvalue weighted by atomic mass is 32.1. The molecule has 0 aromatic heterocycles. The Morgan fingerprint density at radius 3 is 2.33 bits per heavy atom. The molecule has 0 spiro atoms. The zero-order valence-electron chi connectivity index (χ0n) is 3.42. The van der Waals surface area contributed by atoms with Crippen molar-refractivity contribution in [3.63, 3.8) is 0 Å². The fourth-order valence-electron chi connectivity index (χ4n) is 0.0680. The van der Waals surface area contributed by atoms with E-state index in [-0.39, 0.29) is 6.54 Å². The lowest BCUT2D eigenvalue weighted by Gasteiger charge is -1.97. The minimum atomic E-state index is -0.472. The molecular weight excluding hydrogens is 98.1 g/mol. The van der Waals surface area contributed by atoms with E-state index in [0.717, 1.165) is 0 Å². The van der Waals surface area contributed by atoms with Crippen LogP contribution in [0.1, 0.15) is 0 Å². The summed E-state index contributed by atoms with van der Waals surface area (Å²) in [6, 6.07) is 0. The van der Waals surface area contributed by atoms with E-state index >= 15 is 0 Å². The molecule has 0 aliphatic heterocycles. The van der Waals surface area contributed by atoms with Crippen molar-refractivity contribution in [1.29, 1.82) is 0 Å². The maximum Gasteiger partial charge on any atom is 0.0761 e. The topological polar surface area (TPSA) is 46.2 Å². The van der Waals surface area contributed by atoms with Crippen LogP contribution in [-0.2, 0) is 0 Å². The fourth-order valence-corrected chi connectivity index (χ4v) is 0.204. The van der Waals surface area contributed by atoms with Gasteiger partial charge >= 0.3 is 0 Å². The number of nitrogens with two attached hydrogens (primary N) is 1. The van der Waals surface area contributed by atoms with Crippen LogP contribution in [0.4, 0.5) is 0 Å². The van der Waals surface area contributed by atoms with Gasteiger partial charge in [-0.05, 0) is 0 Å². The van der Waals surface area contributed by atoms with Gasteiger partial charge in [-0.2, -0.15) is 0 Å². The van der Waals surface area contributed by atoms with Crippen LogP contribution in [0.15, 0.2) is 0 Å². The van der Waals surface area contributed by atoms with Crippen LogP contribution in [-0.4, -0.2) is 23.5 Å². The van der Waals surface area contributed by atoms with Gasteiger partial charge in [0.15, 0.2) is 0 Å². The Morgan fingerprint density at radius 1 is 1.83 bits per heavy atom. The Labute approximate surface area is 42.8 Å². The van der Waals surface area contributed by atoms with Crippen molar-refractivity contribution in [2.24, 2.45) is 5.73 Å². The van der Waals surface area contributed by atoms with Crippen LogP contribution in [0.3, 0.4) is 0 Å². The lowest BCUT2D eigenvalue weighted by Crippen LogP contribution is -2.20. The number of aliphatic hydroxyl groups is 1. The smallest absolute Gasteiger partial charge is 0.0761 e. The first-order valence-electron chi connectivity index (χ1n) is 1.77. The highest BCUT2D eigenvalue weighted by Crippen LogP contribution is 1.79. The molecule has 0 heterocycles. The van der Waals surface area contributed by atoms with Crippen LogP contribution in [0.2, 0.25) is 0 Å². The second kappa shape index (κ2) is 3.46. The lowest BCUT2D eigenvalue weighted by atomic mass is 10.4. The predicted octanol–water partition coefficient (Wildman–Crippen LogP) is -0.496. The number of rotatable bonds is 2. The van der Waals surface area contributed by atoms with E-state index in [9.17, 15) is 0 Å². The molecule has 0 aliphatic rings. The molecule has 6 heavy (non-hydrogen) atoms. The van der Waals surface area contributed by atoms with Crippen LogP contribution in [0.5, 0.6) is 0 Å². The zero-order chi connectivity index (χ0) is 4.99. The summed E-state index contributed by atoms with van der Waals surface area (Å²) in [6.07, 6.45) is -0.472. The Morgan fingerprint density at radius 2 is 2.33 bits per heavy atom. The van der Waals surface area contributed by atoms with Gasteiger partial charge in [0.25, 0.3) is 0 Å². The minimum Gasteiger partial charge on any atom is -0.391 e. The van der Waals surface area contributed by atoms with E-state index in [4.69, 9.17) is 10.8 Å².